The van der Waals surface area contributed by atoms with Gasteiger partial charge in [-0.25, -0.2) is 0 Å². The van der Waals surface area contributed by atoms with E-state index >= 15 is 0 Å². The number of nitrogens with zero attached hydrogens (tertiary/aromatic N) is 2. The molecule has 3 fully saturated rings. The monoisotopic (exact) mass is 333 g/mol. The second-order valence-electron chi connectivity index (χ2n) is 7.61. The molecule has 1 aromatic rings. The topological polar surface area (TPSA) is 67.6 Å². The van der Waals surface area contributed by atoms with Crippen molar-refractivity contribution in [2.75, 3.05) is 26.2 Å². The van der Waals surface area contributed by atoms with Crippen molar-refractivity contribution in [2.45, 2.75) is 45.3 Å². The molecule has 0 radical (unpaired) electrons. The Labute approximate surface area is 142 Å². The van der Waals surface area contributed by atoms with Crippen molar-refractivity contribution in [2.24, 2.45) is 17.8 Å². The van der Waals surface area contributed by atoms with Crippen LogP contribution in [0, 0.1) is 24.7 Å². The molecule has 3 atom stereocenters. The average Bonchev–Trinajstić information content (AvgIpc) is 3.33. The van der Waals surface area contributed by atoms with Crippen molar-refractivity contribution in [3.8, 4) is 0 Å². The van der Waals surface area contributed by atoms with Crippen LogP contribution in [0.2, 0.25) is 0 Å². The summed E-state index contributed by atoms with van der Waals surface area (Å²) in [5.74, 6) is 2.18. The zero-order chi connectivity index (χ0) is 16.5. The predicted molar refractivity (Wildman–Crippen MR) is 88.2 cm³/mol. The third-order valence-corrected chi connectivity index (χ3v) is 5.62. The highest BCUT2D eigenvalue weighted by Gasteiger charge is 2.41. The summed E-state index contributed by atoms with van der Waals surface area (Å²) in [5.41, 5.74) is 0.970. The molecular weight excluding hydrogens is 306 g/mol. The number of rotatable bonds is 5. The minimum absolute atomic E-state index is 0.0874. The number of fused-ring (bicyclic) bond motifs is 1. The normalized spacial score (nSPS) is 30.8. The van der Waals surface area contributed by atoms with E-state index in [0.29, 0.717) is 12.5 Å². The largest absolute Gasteiger partial charge is 0.378 e. The van der Waals surface area contributed by atoms with Gasteiger partial charge in [-0.1, -0.05) is 5.16 Å². The molecule has 2 aliphatic heterocycles. The fourth-order valence-corrected chi connectivity index (χ4v) is 4.07. The number of likely N-dealkylation sites (tertiary alicyclic amines) is 1. The Morgan fingerprint density at radius 2 is 2.25 bits per heavy atom. The molecule has 0 bridgehead atoms. The second kappa shape index (κ2) is 6.84. The summed E-state index contributed by atoms with van der Waals surface area (Å²) in [6, 6.07) is 1.99. The summed E-state index contributed by atoms with van der Waals surface area (Å²) in [5, 5.41) is 7.27. The van der Waals surface area contributed by atoms with Gasteiger partial charge in [-0.05, 0) is 38.5 Å². The maximum atomic E-state index is 12.6. The lowest BCUT2D eigenvalue weighted by Crippen LogP contribution is -2.53. The molecule has 0 aromatic carbocycles. The fourth-order valence-electron chi connectivity index (χ4n) is 4.07. The van der Waals surface area contributed by atoms with E-state index in [1.54, 1.807) is 0 Å². The SMILES string of the molecule is Cc1cc(CN2CC[C@H]3OCC[C@@H](C(=O)NCC4CC4)[C@H]3C2)no1. The maximum Gasteiger partial charge on any atom is 0.223 e. The van der Waals surface area contributed by atoms with Crippen molar-refractivity contribution in [3.05, 3.63) is 17.5 Å². The average molecular weight is 333 g/mol. The van der Waals surface area contributed by atoms with E-state index in [9.17, 15) is 4.79 Å². The maximum absolute atomic E-state index is 12.6. The number of piperidine rings is 1. The summed E-state index contributed by atoms with van der Waals surface area (Å²) in [6.45, 7) is 6.16. The molecule has 3 heterocycles. The third kappa shape index (κ3) is 3.64. The van der Waals surface area contributed by atoms with Gasteiger partial charge in [0.2, 0.25) is 5.91 Å². The number of hydrogen-bond donors (Lipinski definition) is 1. The van der Waals surface area contributed by atoms with Gasteiger partial charge in [0.25, 0.3) is 0 Å². The highest BCUT2D eigenvalue weighted by molar-refractivity contribution is 5.79. The van der Waals surface area contributed by atoms with E-state index in [2.05, 4.69) is 15.4 Å². The molecule has 1 aromatic heterocycles. The molecule has 6 nitrogen and oxygen atoms in total. The third-order valence-electron chi connectivity index (χ3n) is 5.62. The van der Waals surface area contributed by atoms with Gasteiger partial charge in [0.15, 0.2) is 0 Å². The van der Waals surface area contributed by atoms with Crippen LogP contribution in [0.5, 0.6) is 0 Å². The van der Waals surface area contributed by atoms with Gasteiger partial charge in [0, 0.05) is 50.7 Å². The molecule has 4 rings (SSSR count). The predicted octanol–water partition coefficient (Wildman–Crippen LogP) is 1.74. The Kier molecular flexibility index (Phi) is 4.59. The summed E-state index contributed by atoms with van der Waals surface area (Å²) in [7, 11) is 0. The van der Waals surface area contributed by atoms with Crippen LogP contribution in [0.15, 0.2) is 10.6 Å². The molecule has 0 spiro atoms. The number of aryl methyl sites for hydroxylation is 1. The van der Waals surface area contributed by atoms with E-state index in [1.807, 2.05) is 13.0 Å². The van der Waals surface area contributed by atoms with Crippen LogP contribution in [0.1, 0.15) is 37.1 Å². The number of nitrogens with one attached hydrogen (secondary N) is 1. The number of ether oxygens (including phenoxy) is 1. The van der Waals surface area contributed by atoms with E-state index in [0.717, 1.165) is 56.4 Å². The Hall–Kier alpha value is -1.40. The minimum Gasteiger partial charge on any atom is -0.378 e. The van der Waals surface area contributed by atoms with Gasteiger partial charge >= 0.3 is 0 Å². The fraction of sp³-hybridized carbons (Fsp3) is 0.778. The molecule has 2 saturated heterocycles. The summed E-state index contributed by atoms with van der Waals surface area (Å²) in [4.78, 5) is 15.0. The molecule has 1 N–H and O–H groups in total. The first kappa shape index (κ1) is 16.1. The number of amides is 1. The van der Waals surface area contributed by atoms with Crippen LogP contribution in [-0.4, -0.2) is 48.3 Å². The first-order chi connectivity index (χ1) is 11.7. The van der Waals surface area contributed by atoms with Crippen molar-refractivity contribution >= 4 is 5.91 Å². The van der Waals surface area contributed by atoms with Gasteiger partial charge in [0.05, 0.1) is 11.8 Å². The van der Waals surface area contributed by atoms with Crippen LogP contribution in [0.25, 0.3) is 0 Å². The first-order valence-corrected chi connectivity index (χ1v) is 9.23. The Morgan fingerprint density at radius 1 is 1.38 bits per heavy atom. The lowest BCUT2D eigenvalue weighted by Gasteiger charge is -2.44. The molecule has 6 heteroatoms. The number of hydrogen-bond acceptors (Lipinski definition) is 5. The van der Waals surface area contributed by atoms with Gasteiger partial charge in [-0.3, -0.25) is 9.69 Å². The van der Waals surface area contributed by atoms with Crippen LogP contribution in [-0.2, 0) is 16.1 Å². The zero-order valence-corrected chi connectivity index (χ0v) is 14.4. The first-order valence-electron chi connectivity index (χ1n) is 9.23. The molecular formula is C18H27N3O3. The molecule has 0 unspecified atom stereocenters. The van der Waals surface area contributed by atoms with E-state index in [1.165, 1.54) is 12.8 Å². The molecule has 1 saturated carbocycles. The van der Waals surface area contributed by atoms with E-state index in [-0.39, 0.29) is 17.9 Å². The van der Waals surface area contributed by atoms with Crippen LogP contribution in [0.3, 0.4) is 0 Å². The lowest BCUT2D eigenvalue weighted by molar-refractivity contribution is -0.142. The van der Waals surface area contributed by atoms with Crippen molar-refractivity contribution in [1.29, 1.82) is 0 Å². The van der Waals surface area contributed by atoms with Gasteiger partial charge in [0.1, 0.15) is 5.76 Å². The quantitative estimate of drug-likeness (QED) is 0.889. The Morgan fingerprint density at radius 3 is 3.00 bits per heavy atom. The van der Waals surface area contributed by atoms with E-state index in [4.69, 9.17) is 9.26 Å². The van der Waals surface area contributed by atoms with Crippen LogP contribution < -0.4 is 5.32 Å². The van der Waals surface area contributed by atoms with Crippen molar-refractivity contribution in [3.63, 3.8) is 0 Å². The van der Waals surface area contributed by atoms with Crippen LogP contribution >= 0.6 is 0 Å². The second-order valence-corrected chi connectivity index (χ2v) is 7.61. The standard InChI is InChI=1S/C18H27N3O3/c1-12-8-14(20-24-12)10-21-6-4-17-16(11-21)15(5-7-23-17)18(22)19-9-13-2-3-13/h8,13,15-17H,2-7,9-11H2,1H3,(H,19,22)/t15-,16-,17-/m1/s1. The van der Waals surface area contributed by atoms with Crippen LogP contribution in [0.4, 0.5) is 0 Å². The van der Waals surface area contributed by atoms with Gasteiger partial charge in [-0.15, -0.1) is 0 Å². The highest BCUT2D eigenvalue weighted by atomic mass is 16.5. The molecule has 1 amide bonds. The minimum atomic E-state index is 0.0874. The molecule has 132 valence electrons. The number of carbonyl (C=O) groups excluding carboxylic acids is 1. The molecule has 1 aliphatic carbocycles. The summed E-state index contributed by atoms with van der Waals surface area (Å²) < 4.78 is 11.1. The van der Waals surface area contributed by atoms with Crippen molar-refractivity contribution < 1.29 is 14.1 Å². The summed E-state index contributed by atoms with van der Waals surface area (Å²) >= 11 is 0. The number of aromatic nitrogens is 1. The zero-order valence-electron chi connectivity index (χ0n) is 14.4. The molecule has 3 aliphatic rings. The van der Waals surface area contributed by atoms with E-state index < -0.39 is 0 Å². The summed E-state index contributed by atoms with van der Waals surface area (Å²) in [6.07, 6.45) is 4.60. The number of carbonyl (C=O) groups is 1. The smallest absolute Gasteiger partial charge is 0.223 e. The van der Waals surface area contributed by atoms with Gasteiger partial charge in [-0.2, -0.15) is 0 Å². The Balaban J connectivity index is 1.37. The lowest BCUT2D eigenvalue weighted by atomic mass is 9.79. The Bertz CT molecular complexity index is 584. The van der Waals surface area contributed by atoms with Crippen molar-refractivity contribution in [1.82, 2.24) is 15.4 Å². The van der Waals surface area contributed by atoms with Gasteiger partial charge < -0.3 is 14.6 Å². The highest BCUT2D eigenvalue weighted by Crippen LogP contribution is 2.34. The molecule has 24 heavy (non-hydrogen) atoms.